The lowest BCUT2D eigenvalue weighted by Crippen LogP contribution is -2.25. The third-order valence-electron chi connectivity index (χ3n) is 5.45. The van der Waals surface area contributed by atoms with Crippen LogP contribution in [0.1, 0.15) is 96.5 Å². The Bertz CT molecular complexity index is 680. The number of allylic oxidation sites excluding steroid dienone is 1. The standard InChI is InChI=1S/C26H38ClN3/c1-3-5-7-9-11-13-17-30(18-14-12-10-8-6-4-2)25-16-15-24(26(27)20-25)19-23(21-28)22-29/h15-16,19-20H,3-14,17-18H2,1-2H3. The quantitative estimate of drug-likeness (QED) is 0.197. The summed E-state index contributed by atoms with van der Waals surface area (Å²) >= 11 is 6.48. The van der Waals surface area contributed by atoms with Crippen molar-refractivity contribution in [1.29, 1.82) is 10.5 Å². The van der Waals surface area contributed by atoms with Gasteiger partial charge >= 0.3 is 0 Å². The van der Waals surface area contributed by atoms with Crippen molar-refractivity contribution in [2.24, 2.45) is 0 Å². The highest BCUT2D eigenvalue weighted by Gasteiger charge is 2.09. The number of anilines is 1. The molecule has 0 saturated heterocycles. The number of nitrogens with zero attached hydrogens (tertiary/aromatic N) is 3. The summed E-state index contributed by atoms with van der Waals surface area (Å²) in [5, 5.41) is 18.5. The van der Waals surface area contributed by atoms with Crippen molar-refractivity contribution in [2.45, 2.75) is 90.9 Å². The summed E-state index contributed by atoms with van der Waals surface area (Å²) in [6.07, 6.45) is 17.0. The molecule has 0 bridgehead atoms. The topological polar surface area (TPSA) is 50.8 Å². The van der Waals surface area contributed by atoms with Gasteiger partial charge in [-0.05, 0) is 36.6 Å². The molecule has 164 valence electrons. The summed E-state index contributed by atoms with van der Waals surface area (Å²) in [5.41, 5.74) is 1.92. The molecule has 0 heterocycles. The molecule has 0 aliphatic heterocycles. The van der Waals surface area contributed by atoms with Gasteiger partial charge in [-0.1, -0.05) is 95.7 Å². The number of hydrogen-bond acceptors (Lipinski definition) is 3. The molecule has 0 aromatic heterocycles. The maximum atomic E-state index is 8.98. The van der Waals surface area contributed by atoms with Gasteiger partial charge in [-0.25, -0.2) is 0 Å². The van der Waals surface area contributed by atoms with Gasteiger partial charge in [0.2, 0.25) is 0 Å². The fourth-order valence-corrected chi connectivity index (χ4v) is 3.84. The van der Waals surface area contributed by atoms with Gasteiger partial charge in [0.1, 0.15) is 17.7 Å². The summed E-state index contributed by atoms with van der Waals surface area (Å²) < 4.78 is 0. The Kier molecular flexibility index (Phi) is 14.6. The summed E-state index contributed by atoms with van der Waals surface area (Å²) in [6, 6.07) is 9.75. The highest BCUT2D eigenvalue weighted by molar-refractivity contribution is 6.32. The van der Waals surface area contributed by atoms with Gasteiger partial charge in [0.15, 0.2) is 0 Å². The number of halogens is 1. The lowest BCUT2D eigenvalue weighted by Gasteiger charge is -2.25. The minimum atomic E-state index is 0.0701. The van der Waals surface area contributed by atoms with E-state index in [1.54, 1.807) is 6.08 Å². The van der Waals surface area contributed by atoms with Crippen molar-refractivity contribution in [3.05, 3.63) is 34.4 Å². The number of rotatable bonds is 16. The monoisotopic (exact) mass is 427 g/mol. The summed E-state index contributed by atoms with van der Waals surface area (Å²) in [6.45, 7) is 6.60. The maximum Gasteiger partial charge on any atom is 0.130 e. The molecule has 0 spiro atoms. The van der Waals surface area contributed by atoms with E-state index in [9.17, 15) is 0 Å². The minimum absolute atomic E-state index is 0.0701. The largest absolute Gasteiger partial charge is 0.371 e. The van der Waals surface area contributed by atoms with Crippen LogP contribution >= 0.6 is 11.6 Å². The van der Waals surface area contributed by atoms with Crippen LogP contribution in [0.25, 0.3) is 6.08 Å². The maximum absolute atomic E-state index is 8.98. The molecule has 30 heavy (non-hydrogen) atoms. The van der Waals surface area contributed by atoms with Crippen LogP contribution < -0.4 is 4.90 Å². The molecular weight excluding hydrogens is 390 g/mol. The normalized spacial score (nSPS) is 10.3. The average molecular weight is 428 g/mol. The van der Waals surface area contributed by atoms with Crippen LogP contribution in [0.4, 0.5) is 5.69 Å². The molecule has 4 heteroatoms. The predicted octanol–water partition coefficient (Wildman–Crippen LogP) is 8.30. The first-order valence-electron chi connectivity index (χ1n) is 11.7. The zero-order chi connectivity index (χ0) is 22.0. The number of hydrogen-bond donors (Lipinski definition) is 0. The Morgan fingerprint density at radius 2 is 1.33 bits per heavy atom. The van der Waals surface area contributed by atoms with Crippen LogP contribution in [0, 0.1) is 22.7 Å². The van der Waals surface area contributed by atoms with E-state index in [1.807, 2.05) is 24.3 Å². The van der Waals surface area contributed by atoms with Crippen molar-refractivity contribution >= 4 is 23.4 Å². The second kappa shape index (κ2) is 16.8. The van der Waals surface area contributed by atoms with Crippen LogP contribution in [0.15, 0.2) is 23.8 Å². The van der Waals surface area contributed by atoms with E-state index in [1.165, 1.54) is 77.0 Å². The van der Waals surface area contributed by atoms with E-state index in [2.05, 4.69) is 24.8 Å². The first-order chi connectivity index (χ1) is 14.7. The molecule has 0 atom stereocenters. The molecule has 0 N–H and O–H groups in total. The van der Waals surface area contributed by atoms with E-state index in [4.69, 9.17) is 22.1 Å². The molecular formula is C26H38ClN3. The second-order valence-corrected chi connectivity index (χ2v) is 8.42. The van der Waals surface area contributed by atoms with E-state index in [0.29, 0.717) is 5.02 Å². The fourth-order valence-electron chi connectivity index (χ4n) is 3.61. The van der Waals surface area contributed by atoms with Gasteiger partial charge in [0, 0.05) is 23.8 Å². The Morgan fingerprint density at radius 1 is 0.833 bits per heavy atom. The van der Waals surface area contributed by atoms with Crippen LogP contribution in [0.2, 0.25) is 5.02 Å². The fraction of sp³-hybridized carbons (Fsp3) is 0.615. The van der Waals surface area contributed by atoms with Crippen LogP contribution in [0.3, 0.4) is 0 Å². The van der Waals surface area contributed by atoms with Crippen molar-refractivity contribution in [1.82, 2.24) is 0 Å². The molecule has 1 rings (SSSR count). The van der Waals surface area contributed by atoms with E-state index in [-0.39, 0.29) is 5.57 Å². The highest BCUT2D eigenvalue weighted by Crippen LogP contribution is 2.26. The SMILES string of the molecule is CCCCCCCCN(CCCCCCCC)c1ccc(C=C(C#N)C#N)c(Cl)c1. The molecule has 3 nitrogen and oxygen atoms in total. The molecule has 0 aliphatic carbocycles. The molecule has 0 saturated carbocycles. The first-order valence-corrected chi connectivity index (χ1v) is 12.1. The smallest absolute Gasteiger partial charge is 0.130 e. The number of unbranched alkanes of at least 4 members (excludes halogenated alkanes) is 10. The van der Waals surface area contributed by atoms with Gasteiger partial charge in [0.05, 0.1) is 0 Å². The van der Waals surface area contributed by atoms with Gasteiger partial charge < -0.3 is 4.90 Å². The molecule has 0 amide bonds. The van der Waals surface area contributed by atoms with Gasteiger partial charge in [-0.2, -0.15) is 10.5 Å². The highest BCUT2D eigenvalue weighted by atomic mass is 35.5. The van der Waals surface area contributed by atoms with Crippen LogP contribution in [-0.2, 0) is 0 Å². The molecule has 0 fully saturated rings. The first kappa shape index (κ1) is 26.1. The Morgan fingerprint density at radius 3 is 1.80 bits per heavy atom. The summed E-state index contributed by atoms with van der Waals surface area (Å²) in [5.74, 6) is 0. The van der Waals surface area contributed by atoms with Crippen LogP contribution in [0.5, 0.6) is 0 Å². The Hall–Kier alpha value is -1.97. The Labute approximate surface area is 189 Å². The molecule has 0 unspecified atom stereocenters. The lowest BCUT2D eigenvalue weighted by atomic mass is 10.1. The number of nitriles is 2. The van der Waals surface area contributed by atoms with E-state index < -0.39 is 0 Å². The third-order valence-corrected chi connectivity index (χ3v) is 5.78. The Balaban J connectivity index is 2.74. The van der Waals surface area contributed by atoms with Crippen molar-refractivity contribution in [2.75, 3.05) is 18.0 Å². The molecule has 1 aromatic carbocycles. The van der Waals surface area contributed by atoms with Crippen molar-refractivity contribution < 1.29 is 0 Å². The zero-order valence-corrected chi connectivity index (χ0v) is 19.7. The summed E-state index contributed by atoms with van der Waals surface area (Å²) in [4.78, 5) is 2.45. The van der Waals surface area contributed by atoms with Gasteiger partial charge in [0.25, 0.3) is 0 Å². The third kappa shape index (κ3) is 10.7. The molecule has 0 aliphatic rings. The van der Waals surface area contributed by atoms with Crippen molar-refractivity contribution in [3.8, 4) is 12.1 Å². The number of benzene rings is 1. The molecule has 1 aromatic rings. The summed E-state index contributed by atoms with van der Waals surface area (Å²) in [7, 11) is 0. The van der Waals surface area contributed by atoms with E-state index in [0.717, 1.165) is 24.3 Å². The molecule has 0 radical (unpaired) electrons. The predicted molar refractivity (Wildman–Crippen MR) is 130 cm³/mol. The second-order valence-electron chi connectivity index (χ2n) is 8.01. The minimum Gasteiger partial charge on any atom is -0.371 e. The van der Waals surface area contributed by atoms with Crippen molar-refractivity contribution in [3.63, 3.8) is 0 Å². The van der Waals surface area contributed by atoms with Crippen LogP contribution in [-0.4, -0.2) is 13.1 Å². The van der Waals surface area contributed by atoms with E-state index >= 15 is 0 Å². The zero-order valence-electron chi connectivity index (χ0n) is 18.9. The van der Waals surface area contributed by atoms with Gasteiger partial charge in [-0.15, -0.1) is 0 Å². The average Bonchev–Trinajstić information content (AvgIpc) is 2.76. The van der Waals surface area contributed by atoms with Gasteiger partial charge in [-0.3, -0.25) is 0 Å². The lowest BCUT2D eigenvalue weighted by molar-refractivity contribution is 0.575.